The highest BCUT2D eigenvalue weighted by Crippen LogP contribution is 2.02. The van der Waals surface area contributed by atoms with Gasteiger partial charge in [-0.3, -0.25) is 9.78 Å². The quantitative estimate of drug-likeness (QED) is 0.577. The smallest absolute Gasteiger partial charge is 0.243 e. The van der Waals surface area contributed by atoms with E-state index in [-0.39, 0.29) is 6.61 Å². The first-order valence-corrected chi connectivity index (χ1v) is 3.81. The molecule has 0 spiro atoms. The zero-order valence-corrected chi connectivity index (χ0v) is 6.97. The van der Waals surface area contributed by atoms with Gasteiger partial charge in [-0.1, -0.05) is 0 Å². The molecule has 0 aliphatic rings. The number of amides is 1. The highest BCUT2D eigenvalue weighted by molar-refractivity contribution is 5.94. The summed E-state index contributed by atoms with van der Waals surface area (Å²) in [6, 6.07) is 2.50. The molecule has 1 atom stereocenters. The maximum Gasteiger partial charge on any atom is 0.243 e. The third kappa shape index (κ3) is 2.81. The van der Waals surface area contributed by atoms with Crippen LogP contribution in [0.1, 0.15) is 0 Å². The Bertz CT molecular complexity index is 276. The average Bonchev–Trinajstić information content (AvgIpc) is 2.18. The number of rotatable bonds is 3. The van der Waals surface area contributed by atoms with E-state index < -0.39 is 11.9 Å². The molecule has 1 heterocycles. The van der Waals surface area contributed by atoms with E-state index >= 15 is 0 Å². The van der Waals surface area contributed by atoms with Gasteiger partial charge in [-0.25, -0.2) is 0 Å². The third-order valence-electron chi connectivity index (χ3n) is 1.46. The first kappa shape index (κ1) is 9.63. The zero-order chi connectivity index (χ0) is 9.68. The van der Waals surface area contributed by atoms with E-state index in [1.807, 2.05) is 0 Å². The molecule has 1 unspecified atom stereocenters. The summed E-state index contributed by atoms with van der Waals surface area (Å²) >= 11 is 0. The Morgan fingerprint density at radius 3 is 3.08 bits per heavy atom. The fourth-order valence-corrected chi connectivity index (χ4v) is 0.755. The van der Waals surface area contributed by atoms with Crippen molar-refractivity contribution in [3.05, 3.63) is 24.5 Å². The first-order chi connectivity index (χ1) is 6.24. The number of nitrogens with two attached hydrogens (primary N) is 1. The van der Waals surface area contributed by atoms with Gasteiger partial charge in [0.15, 0.2) is 0 Å². The van der Waals surface area contributed by atoms with Crippen molar-refractivity contribution in [2.45, 2.75) is 6.04 Å². The van der Waals surface area contributed by atoms with Crippen molar-refractivity contribution in [1.82, 2.24) is 4.98 Å². The van der Waals surface area contributed by atoms with E-state index in [0.29, 0.717) is 5.69 Å². The minimum absolute atomic E-state index is 0.369. The number of aliphatic hydroxyl groups is 1. The monoisotopic (exact) mass is 181 g/mol. The molecule has 13 heavy (non-hydrogen) atoms. The summed E-state index contributed by atoms with van der Waals surface area (Å²) in [6.07, 6.45) is 3.10. The molecule has 0 saturated carbocycles. The van der Waals surface area contributed by atoms with Gasteiger partial charge in [-0.2, -0.15) is 0 Å². The van der Waals surface area contributed by atoms with Gasteiger partial charge in [-0.05, 0) is 12.1 Å². The van der Waals surface area contributed by atoms with Crippen LogP contribution in [0.2, 0.25) is 0 Å². The molecule has 1 rings (SSSR count). The molecule has 5 nitrogen and oxygen atoms in total. The maximum absolute atomic E-state index is 11.1. The first-order valence-electron chi connectivity index (χ1n) is 3.81. The molecule has 0 aliphatic heterocycles. The van der Waals surface area contributed by atoms with Gasteiger partial charge in [0, 0.05) is 6.20 Å². The molecule has 1 aromatic heterocycles. The van der Waals surface area contributed by atoms with E-state index in [1.165, 1.54) is 6.20 Å². The third-order valence-corrected chi connectivity index (χ3v) is 1.46. The van der Waals surface area contributed by atoms with Crippen molar-refractivity contribution in [3.63, 3.8) is 0 Å². The number of carbonyl (C=O) groups is 1. The molecule has 0 bridgehead atoms. The number of hydrogen-bond acceptors (Lipinski definition) is 4. The van der Waals surface area contributed by atoms with Gasteiger partial charge in [0.2, 0.25) is 5.91 Å². The number of aliphatic hydroxyl groups excluding tert-OH is 1. The number of pyridine rings is 1. The summed E-state index contributed by atoms with van der Waals surface area (Å²) in [6.45, 7) is -0.369. The van der Waals surface area contributed by atoms with Crippen LogP contribution >= 0.6 is 0 Å². The van der Waals surface area contributed by atoms with E-state index in [4.69, 9.17) is 10.8 Å². The van der Waals surface area contributed by atoms with E-state index in [2.05, 4.69) is 10.3 Å². The van der Waals surface area contributed by atoms with Gasteiger partial charge in [0.25, 0.3) is 0 Å². The molecule has 4 N–H and O–H groups in total. The Kier molecular flexibility index (Phi) is 3.36. The number of nitrogens with one attached hydrogen (secondary N) is 1. The van der Waals surface area contributed by atoms with Crippen molar-refractivity contribution >= 4 is 11.6 Å². The number of anilines is 1. The topological polar surface area (TPSA) is 88.2 Å². The van der Waals surface area contributed by atoms with E-state index in [0.717, 1.165) is 0 Å². The normalized spacial score (nSPS) is 12.2. The fourth-order valence-electron chi connectivity index (χ4n) is 0.755. The lowest BCUT2D eigenvalue weighted by Gasteiger charge is -2.08. The number of carbonyl (C=O) groups excluding carboxylic acids is 1. The molecule has 5 heteroatoms. The average molecular weight is 181 g/mol. The predicted octanol–water partition coefficient (Wildman–Crippen LogP) is -0.660. The summed E-state index contributed by atoms with van der Waals surface area (Å²) in [5.41, 5.74) is 5.85. The van der Waals surface area contributed by atoms with Crippen molar-refractivity contribution in [2.24, 2.45) is 5.73 Å². The van der Waals surface area contributed by atoms with Crippen LogP contribution < -0.4 is 11.1 Å². The summed E-state index contributed by atoms with van der Waals surface area (Å²) < 4.78 is 0. The van der Waals surface area contributed by atoms with Gasteiger partial charge < -0.3 is 16.2 Å². The lowest BCUT2D eigenvalue weighted by Crippen LogP contribution is -2.38. The SMILES string of the molecule is NC(CO)C(=O)Nc1cccnc1. The number of aromatic nitrogens is 1. The molecule has 1 amide bonds. The van der Waals surface area contributed by atoms with Crippen LogP contribution in [0.5, 0.6) is 0 Å². The molecule has 0 radical (unpaired) electrons. The van der Waals surface area contributed by atoms with Gasteiger partial charge >= 0.3 is 0 Å². The van der Waals surface area contributed by atoms with Crippen LogP contribution in [0, 0.1) is 0 Å². The fraction of sp³-hybridized carbons (Fsp3) is 0.250. The van der Waals surface area contributed by atoms with Crippen molar-refractivity contribution in [1.29, 1.82) is 0 Å². The van der Waals surface area contributed by atoms with Gasteiger partial charge in [0.1, 0.15) is 6.04 Å². The Labute approximate surface area is 75.6 Å². The number of nitrogens with zero attached hydrogens (tertiary/aromatic N) is 1. The second-order valence-corrected chi connectivity index (χ2v) is 2.52. The highest BCUT2D eigenvalue weighted by atomic mass is 16.3. The van der Waals surface area contributed by atoms with Crippen LogP contribution in [-0.4, -0.2) is 28.6 Å². The van der Waals surface area contributed by atoms with Crippen LogP contribution in [0.25, 0.3) is 0 Å². The maximum atomic E-state index is 11.1. The number of hydrogen-bond donors (Lipinski definition) is 3. The van der Waals surface area contributed by atoms with E-state index in [9.17, 15) is 4.79 Å². The Hall–Kier alpha value is -1.46. The predicted molar refractivity (Wildman–Crippen MR) is 47.9 cm³/mol. The molecule has 0 aliphatic carbocycles. The Morgan fingerprint density at radius 1 is 1.77 bits per heavy atom. The molecule has 0 fully saturated rings. The van der Waals surface area contributed by atoms with Crippen molar-refractivity contribution < 1.29 is 9.90 Å². The summed E-state index contributed by atoms with van der Waals surface area (Å²) in [4.78, 5) is 14.9. The van der Waals surface area contributed by atoms with Crippen LogP contribution in [0.4, 0.5) is 5.69 Å². The molecule has 0 aromatic carbocycles. The Balaban J connectivity index is 2.55. The molecular weight excluding hydrogens is 170 g/mol. The zero-order valence-electron chi connectivity index (χ0n) is 6.97. The minimum atomic E-state index is -0.889. The van der Waals surface area contributed by atoms with Crippen molar-refractivity contribution in [3.8, 4) is 0 Å². The second kappa shape index (κ2) is 4.54. The lowest BCUT2D eigenvalue weighted by atomic mass is 10.3. The summed E-state index contributed by atoms with van der Waals surface area (Å²) in [7, 11) is 0. The lowest BCUT2D eigenvalue weighted by molar-refractivity contribution is -0.118. The van der Waals surface area contributed by atoms with Crippen LogP contribution in [0.3, 0.4) is 0 Å². The second-order valence-electron chi connectivity index (χ2n) is 2.52. The highest BCUT2D eigenvalue weighted by Gasteiger charge is 2.11. The van der Waals surface area contributed by atoms with E-state index in [1.54, 1.807) is 18.3 Å². The van der Waals surface area contributed by atoms with Gasteiger partial charge in [-0.15, -0.1) is 0 Å². The molecule has 70 valence electrons. The van der Waals surface area contributed by atoms with Gasteiger partial charge in [0.05, 0.1) is 18.5 Å². The largest absolute Gasteiger partial charge is 0.394 e. The van der Waals surface area contributed by atoms with Crippen LogP contribution in [-0.2, 0) is 4.79 Å². The van der Waals surface area contributed by atoms with Crippen molar-refractivity contribution in [2.75, 3.05) is 11.9 Å². The summed E-state index contributed by atoms with van der Waals surface area (Å²) in [5, 5.41) is 11.1. The molecule has 0 saturated heterocycles. The molecule has 1 aromatic rings. The Morgan fingerprint density at radius 2 is 2.54 bits per heavy atom. The standard InChI is InChI=1S/C8H11N3O2/c9-7(5-12)8(13)11-6-2-1-3-10-4-6/h1-4,7,12H,5,9H2,(H,11,13). The van der Waals surface area contributed by atoms with Crippen LogP contribution in [0.15, 0.2) is 24.5 Å². The minimum Gasteiger partial charge on any atom is -0.394 e. The molecular formula is C8H11N3O2. The summed E-state index contributed by atoms with van der Waals surface area (Å²) in [5.74, 6) is -0.421.